The van der Waals surface area contributed by atoms with Gasteiger partial charge in [-0.1, -0.05) is 18.2 Å². The van der Waals surface area contributed by atoms with Gasteiger partial charge in [-0.25, -0.2) is 0 Å². The van der Waals surface area contributed by atoms with Gasteiger partial charge in [0, 0.05) is 12.6 Å². The molecular weight excluding hydrogens is 294 g/mol. The molecule has 0 fully saturated rings. The zero-order chi connectivity index (χ0) is 16.2. The second kappa shape index (κ2) is 6.27. The van der Waals surface area contributed by atoms with Crippen molar-refractivity contribution in [2.75, 3.05) is 10.3 Å². The smallest absolute Gasteiger partial charge is 0.272 e. The Labute approximate surface area is 132 Å². The van der Waals surface area contributed by atoms with Crippen molar-refractivity contribution in [3.8, 4) is 0 Å². The van der Waals surface area contributed by atoms with Crippen LogP contribution in [0.15, 0.2) is 60.0 Å². The maximum Gasteiger partial charge on any atom is 0.272 e. The summed E-state index contributed by atoms with van der Waals surface area (Å²) < 4.78 is 0. The lowest BCUT2D eigenvalue weighted by atomic mass is 10.1. The van der Waals surface area contributed by atoms with Crippen molar-refractivity contribution < 1.29 is 9.59 Å². The van der Waals surface area contributed by atoms with E-state index >= 15 is 0 Å². The molecule has 2 aromatic rings. The average molecular weight is 309 g/mol. The minimum atomic E-state index is -0.674. The van der Waals surface area contributed by atoms with Crippen molar-refractivity contribution in [1.82, 2.24) is 4.98 Å². The molecule has 0 radical (unpaired) electrons. The number of aromatic nitrogens is 1. The Hall–Kier alpha value is -3.22. The van der Waals surface area contributed by atoms with Gasteiger partial charge in [0.2, 0.25) is 5.91 Å². The summed E-state index contributed by atoms with van der Waals surface area (Å²) in [5, 5.41) is 8.46. The number of nitrogens with zero attached hydrogens (tertiary/aromatic N) is 3. The highest BCUT2D eigenvalue weighted by Gasteiger charge is 2.34. The van der Waals surface area contributed by atoms with Crippen LogP contribution in [0, 0.1) is 0 Å². The van der Waals surface area contributed by atoms with E-state index in [2.05, 4.69) is 15.4 Å². The number of pyridine rings is 1. The van der Waals surface area contributed by atoms with Crippen LogP contribution in [0.1, 0.15) is 6.42 Å². The Morgan fingerprint density at radius 2 is 1.96 bits per heavy atom. The molecule has 3 N–H and O–H groups in total. The first kappa shape index (κ1) is 14.7. The molecule has 116 valence electrons. The van der Waals surface area contributed by atoms with Crippen molar-refractivity contribution in [2.45, 2.75) is 12.5 Å². The maximum atomic E-state index is 12.3. The number of hydrazone groups is 1. The van der Waals surface area contributed by atoms with Gasteiger partial charge in [-0.05, 0) is 24.3 Å². The van der Waals surface area contributed by atoms with Gasteiger partial charge in [0.05, 0.1) is 17.6 Å². The second-order valence-corrected chi connectivity index (χ2v) is 5.04. The van der Waals surface area contributed by atoms with E-state index in [4.69, 9.17) is 5.73 Å². The largest absolute Gasteiger partial charge is 0.368 e. The molecule has 0 spiro atoms. The monoisotopic (exact) mass is 309 g/mol. The Bertz CT molecular complexity index is 746. The average Bonchev–Trinajstić information content (AvgIpc) is 3.02. The lowest BCUT2D eigenvalue weighted by Gasteiger charge is -2.20. The first-order valence-electron chi connectivity index (χ1n) is 7.07. The Morgan fingerprint density at radius 3 is 2.61 bits per heavy atom. The summed E-state index contributed by atoms with van der Waals surface area (Å²) in [5.74, 6) is -0.899. The highest BCUT2D eigenvalue weighted by molar-refractivity contribution is 6.44. The van der Waals surface area contributed by atoms with Crippen molar-refractivity contribution >= 4 is 28.9 Å². The van der Waals surface area contributed by atoms with E-state index < -0.39 is 11.9 Å². The van der Waals surface area contributed by atoms with E-state index in [9.17, 15) is 9.59 Å². The van der Waals surface area contributed by atoms with Crippen molar-refractivity contribution in [2.24, 2.45) is 10.8 Å². The third-order valence-corrected chi connectivity index (χ3v) is 3.44. The van der Waals surface area contributed by atoms with Gasteiger partial charge in [0.15, 0.2) is 0 Å². The van der Waals surface area contributed by atoms with E-state index in [1.165, 1.54) is 11.2 Å². The summed E-state index contributed by atoms with van der Waals surface area (Å²) in [4.78, 5) is 27.9. The fraction of sp³-hybridized carbons (Fsp3) is 0.125. The fourth-order valence-electron chi connectivity index (χ4n) is 2.33. The molecular formula is C16H15N5O2. The number of nitrogens with one attached hydrogen (secondary N) is 1. The normalized spacial score (nSPS) is 16.8. The molecule has 7 heteroatoms. The van der Waals surface area contributed by atoms with Gasteiger partial charge in [0.1, 0.15) is 11.8 Å². The van der Waals surface area contributed by atoms with E-state index in [1.807, 2.05) is 18.2 Å². The van der Waals surface area contributed by atoms with Gasteiger partial charge < -0.3 is 11.1 Å². The highest BCUT2D eigenvalue weighted by atomic mass is 16.2. The molecule has 1 aliphatic rings. The lowest BCUT2D eigenvalue weighted by Crippen LogP contribution is -2.39. The number of carbonyl (C=O) groups is 2. The lowest BCUT2D eigenvalue weighted by molar-refractivity contribution is -0.119. The quantitative estimate of drug-likeness (QED) is 0.884. The molecule has 2 heterocycles. The van der Waals surface area contributed by atoms with Gasteiger partial charge in [-0.2, -0.15) is 5.10 Å². The minimum absolute atomic E-state index is 0.163. The second-order valence-electron chi connectivity index (χ2n) is 5.04. The third kappa shape index (κ3) is 3.18. The molecule has 2 amide bonds. The molecule has 0 aliphatic carbocycles. The summed E-state index contributed by atoms with van der Waals surface area (Å²) >= 11 is 0. The predicted octanol–water partition coefficient (Wildman–Crippen LogP) is 1.14. The van der Waals surface area contributed by atoms with Crippen LogP contribution in [0.5, 0.6) is 0 Å². The van der Waals surface area contributed by atoms with Crippen LogP contribution in [-0.2, 0) is 9.59 Å². The zero-order valence-electron chi connectivity index (χ0n) is 12.2. The number of benzene rings is 1. The van der Waals surface area contributed by atoms with Crippen molar-refractivity contribution in [3.05, 3.63) is 54.9 Å². The number of anilines is 2. The number of rotatable bonds is 4. The standard InChI is InChI=1S/C16H15N5O2/c17-15(22)14-9-13(16(23)19-11-5-4-8-18-10-11)20-21(14)12-6-2-1-3-7-12/h1-8,10,14H,9H2,(H2,17,22)(H,19,23)/t14-/m1/s1. The van der Waals surface area contributed by atoms with Crippen LogP contribution in [0.4, 0.5) is 11.4 Å². The number of para-hydroxylation sites is 1. The molecule has 3 rings (SSSR count). The number of amides is 2. The summed E-state index contributed by atoms with van der Waals surface area (Å²) in [6.07, 6.45) is 3.31. The van der Waals surface area contributed by atoms with Crippen molar-refractivity contribution in [3.63, 3.8) is 0 Å². The highest BCUT2D eigenvalue weighted by Crippen LogP contribution is 2.24. The minimum Gasteiger partial charge on any atom is -0.368 e. The van der Waals surface area contributed by atoms with Gasteiger partial charge in [-0.3, -0.25) is 19.6 Å². The van der Waals surface area contributed by atoms with Crippen LogP contribution in [0.25, 0.3) is 0 Å². The van der Waals surface area contributed by atoms with Crippen LogP contribution >= 0.6 is 0 Å². The molecule has 1 aromatic carbocycles. The number of primary amides is 1. The third-order valence-electron chi connectivity index (χ3n) is 3.44. The fourth-order valence-corrected chi connectivity index (χ4v) is 2.33. The maximum absolute atomic E-state index is 12.3. The van der Waals surface area contributed by atoms with Crippen LogP contribution in [-0.4, -0.2) is 28.6 Å². The van der Waals surface area contributed by atoms with E-state index in [0.29, 0.717) is 11.4 Å². The van der Waals surface area contributed by atoms with Crippen LogP contribution in [0.2, 0.25) is 0 Å². The summed E-state index contributed by atoms with van der Waals surface area (Å²) in [7, 11) is 0. The molecule has 1 atom stereocenters. The first-order valence-corrected chi connectivity index (χ1v) is 7.07. The summed E-state index contributed by atoms with van der Waals surface area (Å²) in [6, 6.07) is 11.9. The molecule has 0 saturated heterocycles. The van der Waals surface area contributed by atoms with Gasteiger partial charge >= 0.3 is 0 Å². The molecule has 7 nitrogen and oxygen atoms in total. The molecule has 0 unspecified atom stereocenters. The van der Waals surface area contributed by atoms with Gasteiger partial charge in [0.25, 0.3) is 5.91 Å². The Morgan fingerprint density at radius 1 is 1.17 bits per heavy atom. The predicted molar refractivity (Wildman–Crippen MR) is 86.8 cm³/mol. The molecule has 0 bridgehead atoms. The van der Waals surface area contributed by atoms with Crippen LogP contribution < -0.4 is 16.1 Å². The number of hydrogen-bond donors (Lipinski definition) is 2. The molecule has 23 heavy (non-hydrogen) atoms. The molecule has 1 aliphatic heterocycles. The SMILES string of the molecule is NC(=O)[C@H]1CC(C(=O)Nc2cccnc2)=NN1c1ccccc1. The number of hydrogen-bond acceptors (Lipinski definition) is 5. The van der Waals surface area contributed by atoms with Gasteiger partial charge in [-0.15, -0.1) is 0 Å². The van der Waals surface area contributed by atoms with Crippen molar-refractivity contribution in [1.29, 1.82) is 0 Å². The summed E-state index contributed by atoms with van der Waals surface area (Å²) in [5.41, 5.74) is 6.97. The number of nitrogens with two attached hydrogens (primary N) is 1. The van der Waals surface area contributed by atoms with E-state index in [0.717, 1.165) is 0 Å². The number of carbonyl (C=O) groups excluding carboxylic acids is 2. The summed E-state index contributed by atoms with van der Waals surface area (Å²) in [6.45, 7) is 0. The van der Waals surface area contributed by atoms with E-state index in [-0.39, 0.29) is 18.0 Å². The zero-order valence-corrected chi connectivity index (χ0v) is 12.2. The Kier molecular flexibility index (Phi) is 4.01. The van der Waals surface area contributed by atoms with Crippen LogP contribution in [0.3, 0.4) is 0 Å². The Balaban J connectivity index is 1.82. The molecule has 1 aromatic heterocycles. The molecule has 0 saturated carbocycles. The van der Waals surface area contributed by atoms with E-state index in [1.54, 1.807) is 30.5 Å². The topological polar surface area (TPSA) is 101 Å². The first-order chi connectivity index (χ1) is 11.1.